The summed E-state index contributed by atoms with van der Waals surface area (Å²) in [5, 5.41) is 5.57. The van der Waals surface area contributed by atoms with Gasteiger partial charge in [0, 0.05) is 0 Å². The minimum absolute atomic E-state index is 0. The van der Waals surface area contributed by atoms with Crippen LogP contribution < -0.4 is 24.8 Å². The summed E-state index contributed by atoms with van der Waals surface area (Å²) in [5.74, 6) is 1.36. The summed E-state index contributed by atoms with van der Waals surface area (Å²) in [5.41, 5.74) is 14.8. The average Bonchev–Trinajstić information content (AvgIpc) is 4.04. The van der Waals surface area contributed by atoms with E-state index in [1.54, 1.807) is 38.6 Å². The van der Waals surface area contributed by atoms with Crippen LogP contribution in [-0.2, 0) is 47.9 Å². The van der Waals surface area contributed by atoms with Crippen LogP contribution in [0.2, 0.25) is 0 Å². The molecule has 68 heavy (non-hydrogen) atoms. The number of rotatable bonds is 8. The molecule has 10 rings (SSSR count). The second-order valence-electron chi connectivity index (χ2n) is 21.4. The molecular formula is C65H72Cl2Zr-2. The van der Waals surface area contributed by atoms with Crippen LogP contribution in [0.5, 0.6) is 0 Å². The molecule has 2 fully saturated rings. The van der Waals surface area contributed by atoms with Crippen molar-refractivity contribution in [3.8, 4) is 22.3 Å². The molecule has 0 N–H and O–H groups in total. The topological polar surface area (TPSA) is 0 Å². The molecule has 3 aliphatic rings. The van der Waals surface area contributed by atoms with Crippen LogP contribution in [0.3, 0.4) is 0 Å². The first-order valence-corrected chi connectivity index (χ1v) is 26.4. The van der Waals surface area contributed by atoms with Crippen molar-refractivity contribution in [2.45, 2.75) is 148 Å². The number of fused-ring (bicyclic) bond motifs is 3. The van der Waals surface area contributed by atoms with Crippen molar-refractivity contribution < 1.29 is 49.0 Å². The molecule has 7 aromatic carbocycles. The second kappa shape index (κ2) is 24.7. The Morgan fingerprint density at radius 2 is 0.912 bits per heavy atom. The van der Waals surface area contributed by atoms with Crippen LogP contribution in [0.15, 0.2) is 158 Å². The first kappa shape index (κ1) is 53.4. The Morgan fingerprint density at radius 3 is 1.26 bits per heavy atom. The standard InChI is InChI=1S/C45H53.C15H14.C5H5.2ClH.Zr/c1-44(2,3)42-28-38-32(26-40(42)36-23-15-13-21-34(36)30-17-9-7-10-18-30)25-33-27-41(43(29-39(33)38)45(4,5)6)37-24-16-14-22-35(37)31-19-11-8-12-20-31;1-3-8-14(9-4-1)12-7-13-15-10-5-2-6-11-15;1-2-4-5-3-1;;;/h13-16,21-31H,7-12,17-20H2,1-6H3;1-6,8-11H,12-13H2;1-3H,4H2;2*1H;/q-1;;-1;;;+2/p-2. The molecule has 7 aromatic rings. The van der Waals surface area contributed by atoms with E-state index >= 15 is 0 Å². The summed E-state index contributed by atoms with van der Waals surface area (Å²) in [6, 6.07) is 52.8. The zero-order valence-corrected chi connectivity index (χ0v) is 45.6. The van der Waals surface area contributed by atoms with E-state index in [0.29, 0.717) is 11.8 Å². The fourth-order valence-corrected chi connectivity index (χ4v) is 11.9. The molecule has 0 heterocycles. The summed E-state index contributed by atoms with van der Waals surface area (Å²) >= 11 is 1.55. The van der Waals surface area contributed by atoms with E-state index in [1.165, 1.54) is 130 Å². The van der Waals surface area contributed by atoms with Crippen LogP contribution in [0.1, 0.15) is 157 Å². The number of halogens is 2. The summed E-state index contributed by atoms with van der Waals surface area (Å²) in [6.07, 6.45) is 25.8. The van der Waals surface area contributed by atoms with Crippen molar-refractivity contribution in [3.63, 3.8) is 0 Å². The van der Waals surface area contributed by atoms with E-state index in [9.17, 15) is 0 Å². The molecule has 0 saturated heterocycles. The monoisotopic (exact) mass is 1010 g/mol. The molecule has 3 heteroatoms. The van der Waals surface area contributed by atoms with Crippen molar-refractivity contribution in [1.82, 2.24) is 0 Å². The third kappa shape index (κ3) is 13.4. The molecule has 3 aliphatic carbocycles. The summed E-state index contributed by atoms with van der Waals surface area (Å²) in [4.78, 5) is 0. The Hall–Kier alpha value is -4.00. The zero-order chi connectivity index (χ0) is 46.1. The molecule has 0 aliphatic heterocycles. The zero-order valence-electron chi connectivity index (χ0n) is 41.6. The normalized spacial score (nSPS) is 15.2. The van der Waals surface area contributed by atoms with Gasteiger partial charge in [0.25, 0.3) is 0 Å². The molecule has 0 aromatic heterocycles. The van der Waals surface area contributed by atoms with E-state index in [-0.39, 0.29) is 35.6 Å². The first-order chi connectivity index (χ1) is 31.9. The van der Waals surface area contributed by atoms with E-state index in [2.05, 4.69) is 193 Å². The molecule has 0 bridgehead atoms. The number of hydrogen-bond donors (Lipinski definition) is 0. The van der Waals surface area contributed by atoms with Crippen molar-refractivity contribution in [3.05, 3.63) is 197 Å². The van der Waals surface area contributed by atoms with Gasteiger partial charge in [-0.25, -0.2) is 12.2 Å². The molecule has 0 atom stereocenters. The van der Waals surface area contributed by atoms with E-state index < -0.39 is 0 Å². The van der Waals surface area contributed by atoms with E-state index in [4.69, 9.17) is 0 Å². The van der Waals surface area contributed by atoms with Crippen molar-refractivity contribution >= 4 is 24.8 Å². The molecule has 2 saturated carbocycles. The number of benzene rings is 6. The Balaban J connectivity index is 0.000000274. The first-order valence-electron chi connectivity index (χ1n) is 25.2. The molecule has 352 valence electrons. The van der Waals surface area contributed by atoms with Gasteiger partial charge in [-0.05, 0) is 92.9 Å². The Bertz CT molecular complexity index is 2570. The van der Waals surface area contributed by atoms with E-state index in [1.807, 2.05) is 12.2 Å². The van der Waals surface area contributed by atoms with Gasteiger partial charge < -0.3 is 24.8 Å². The van der Waals surface area contributed by atoms with Crippen LogP contribution in [0.25, 0.3) is 43.8 Å². The molecule has 0 unspecified atom stereocenters. The van der Waals surface area contributed by atoms with Crippen LogP contribution >= 0.6 is 0 Å². The predicted molar refractivity (Wildman–Crippen MR) is 284 cm³/mol. The molecule has 0 radical (unpaired) electrons. The van der Waals surface area contributed by atoms with Gasteiger partial charge in [0.05, 0.1) is 0 Å². The maximum atomic E-state index is 2.99. The minimum atomic E-state index is 0. The number of hydrogen-bond acceptors (Lipinski definition) is 0. The summed E-state index contributed by atoms with van der Waals surface area (Å²) in [7, 11) is 0. The number of allylic oxidation sites excluding steroid dienone is 4. The van der Waals surface area contributed by atoms with E-state index in [0.717, 1.165) is 19.3 Å². The Kier molecular flexibility index (Phi) is 19.4. The van der Waals surface area contributed by atoms with Crippen molar-refractivity contribution in [2.75, 3.05) is 0 Å². The van der Waals surface area contributed by atoms with Gasteiger partial charge in [0.15, 0.2) is 0 Å². The maximum absolute atomic E-state index is 2.99. The molecule has 0 amide bonds. The SMILES string of the molecule is CC(C)(C)c1cc2c(cc1-c1ccccc1C1CCCCC1)[cH-]c1cc(-c3ccccc3C3CCCCC3)c(C(C)(C)C)cc12.[C-]1=CC=CC1.[Cl-].[Cl-].[Zr+2]=[C](Cc1ccccc1)Cc1ccccc1. The van der Waals surface area contributed by atoms with Crippen LogP contribution in [-0.4, -0.2) is 3.21 Å². The fourth-order valence-electron chi connectivity index (χ4n) is 10.9. The van der Waals surface area contributed by atoms with Gasteiger partial charge in [0.2, 0.25) is 0 Å². The van der Waals surface area contributed by atoms with Gasteiger partial charge in [0.1, 0.15) is 0 Å². The van der Waals surface area contributed by atoms with Gasteiger partial charge in [-0.2, -0.15) is 6.08 Å². The molecular weight excluding hydrogens is 943 g/mol. The Morgan fingerprint density at radius 1 is 0.515 bits per heavy atom. The van der Waals surface area contributed by atoms with Crippen molar-refractivity contribution in [1.29, 1.82) is 0 Å². The third-order valence-corrected chi connectivity index (χ3v) is 15.2. The fraction of sp³-hybridized carbons (Fsp3) is 0.354. The molecule has 0 nitrogen and oxygen atoms in total. The van der Waals surface area contributed by atoms with Gasteiger partial charge in [-0.3, -0.25) is 6.08 Å². The molecule has 0 spiro atoms. The second-order valence-corrected chi connectivity index (χ2v) is 23.1. The summed E-state index contributed by atoms with van der Waals surface area (Å²) < 4.78 is 1.60. The van der Waals surface area contributed by atoms with Gasteiger partial charge >= 0.3 is 112 Å². The van der Waals surface area contributed by atoms with Crippen LogP contribution in [0, 0.1) is 6.08 Å². The quantitative estimate of drug-likeness (QED) is 0.133. The van der Waals surface area contributed by atoms with Crippen molar-refractivity contribution in [2.24, 2.45) is 0 Å². The van der Waals surface area contributed by atoms with Crippen LogP contribution in [0.4, 0.5) is 0 Å². The van der Waals surface area contributed by atoms with Gasteiger partial charge in [-0.15, -0.1) is 46.2 Å². The summed E-state index contributed by atoms with van der Waals surface area (Å²) in [6.45, 7) is 14.4. The Labute approximate surface area is 437 Å². The average molecular weight is 1020 g/mol. The van der Waals surface area contributed by atoms with Gasteiger partial charge in [-0.1, -0.05) is 141 Å². The predicted octanol–water partition coefficient (Wildman–Crippen LogP) is 12.2. The third-order valence-electron chi connectivity index (χ3n) is 14.3.